The van der Waals surface area contributed by atoms with Gasteiger partial charge in [0, 0.05) is 10.5 Å². The third-order valence-electron chi connectivity index (χ3n) is 2.36. The Balaban J connectivity index is 0.000000845. The number of halogens is 2. The smallest absolute Gasteiger partial charge is 0.0323 e. The van der Waals surface area contributed by atoms with Crippen LogP contribution in [0.3, 0.4) is 0 Å². The van der Waals surface area contributed by atoms with Crippen LogP contribution in [0.2, 0.25) is 0 Å². The molecular weight excluding hydrogens is 249 g/mol. The van der Waals surface area contributed by atoms with Gasteiger partial charge in [0.15, 0.2) is 0 Å². The fourth-order valence-corrected chi connectivity index (χ4v) is 1.86. The first-order valence-electron chi connectivity index (χ1n) is 4.28. The van der Waals surface area contributed by atoms with Crippen LogP contribution >= 0.6 is 28.3 Å². The molecule has 13 heavy (non-hydrogen) atoms. The van der Waals surface area contributed by atoms with Crippen LogP contribution in [0.1, 0.15) is 24.4 Å². The standard InChI is InChI=1S/C10H12BrN.ClH/c11-9-3-1-2-8(6-9)10(12)7-4-5-7;/h1-3,6-7,10H,4-5,12H2;1H. The zero-order chi connectivity index (χ0) is 8.55. The molecule has 0 radical (unpaired) electrons. The van der Waals surface area contributed by atoms with E-state index in [0.717, 1.165) is 10.4 Å². The first-order valence-corrected chi connectivity index (χ1v) is 5.08. The largest absolute Gasteiger partial charge is 0.324 e. The van der Waals surface area contributed by atoms with Crippen LogP contribution in [-0.2, 0) is 0 Å². The second-order valence-electron chi connectivity index (χ2n) is 3.42. The lowest BCUT2D eigenvalue weighted by molar-refractivity contribution is 0.633. The van der Waals surface area contributed by atoms with Gasteiger partial charge in [-0.15, -0.1) is 12.4 Å². The summed E-state index contributed by atoms with van der Waals surface area (Å²) in [4.78, 5) is 0. The van der Waals surface area contributed by atoms with Gasteiger partial charge in [0.1, 0.15) is 0 Å². The van der Waals surface area contributed by atoms with Crippen molar-refractivity contribution in [2.75, 3.05) is 0 Å². The first-order chi connectivity index (χ1) is 5.77. The van der Waals surface area contributed by atoms with E-state index in [4.69, 9.17) is 5.73 Å². The third kappa shape index (κ3) is 2.70. The molecular formula is C10H13BrClN. The van der Waals surface area contributed by atoms with Crippen molar-refractivity contribution in [1.29, 1.82) is 0 Å². The Morgan fingerprint density at radius 2 is 2.08 bits per heavy atom. The summed E-state index contributed by atoms with van der Waals surface area (Å²) in [5.41, 5.74) is 7.30. The van der Waals surface area contributed by atoms with Crippen LogP contribution in [0.5, 0.6) is 0 Å². The van der Waals surface area contributed by atoms with E-state index in [-0.39, 0.29) is 18.4 Å². The highest BCUT2D eigenvalue weighted by Crippen LogP contribution is 2.39. The molecule has 1 aliphatic rings. The highest BCUT2D eigenvalue weighted by atomic mass is 79.9. The van der Waals surface area contributed by atoms with Crippen LogP contribution in [0.4, 0.5) is 0 Å². The van der Waals surface area contributed by atoms with Crippen molar-refractivity contribution in [3.8, 4) is 0 Å². The maximum atomic E-state index is 6.05. The Morgan fingerprint density at radius 1 is 1.38 bits per heavy atom. The van der Waals surface area contributed by atoms with Crippen molar-refractivity contribution in [3.05, 3.63) is 34.3 Å². The van der Waals surface area contributed by atoms with E-state index in [1.807, 2.05) is 12.1 Å². The predicted molar refractivity (Wildman–Crippen MR) is 61.0 cm³/mol. The molecule has 1 nitrogen and oxygen atoms in total. The average Bonchev–Trinajstić information content (AvgIpc) is 2.85. The van der Waals surface area contributed by atoms with Gasteiger partial charge < -0.3 is 5.73 Å². The van der Waals surface area contributed by atoms with Crippen LogP contribution in [-0.4, -0.2) is 0 Å². The predicted octanol–water partition coefficient (Wildman–Crippen LogP) is 3.28. The molecule has 1 saturated carbocycles. The summed E-state index contributed by atoms with van der Waals surface area (Å²) in [7, 11) is 0. The minimum absolute atomic E-state index is 0. The van der Waals surface area contributed by atoms with Crippen molar-refractivity contribution in [2.45, 2.75) is 18.9 Å². The van der Waals surface area contributed by atoms with Gasteiger partial charge in [0.25, 0.3) is 0 Å². The highest BCUT2D eigenvalue weighted by molar-refractivity contribution is 9.10. The highest BCUT2D eigenvalue weighted by Gasteiger charge is 2.29. The fourth-order valence-electron chi connectivity index (χ4n) is 1.44. The van der Waals surface area contributed by atoms with Crippen LogP contribution in [0.15, 0.2) is 28.7 Å². The second kappa shape index (κ2) is 4.45. The molecule has 0 spiro atoms. The van der Waals surface area contributed by atoms with E-state index in [0.29, 0.717) is 0 Å². The molecule has 0 aromatic heterocycles. The lowest BCUT2D eigenvalue weighted by Gasteiger charge is -2.10. The van der Waals surface area contributed by atoms with Gasteiger partial charge in [0.05, 0.1) is 0 Å². The van der Waals surface area contributed by atoms with E-state index < -0.39 is 0 Å². The van der Waals surface area contributed by atoms with Gasteiger partial charge in [-0.25, -0.2) is 0 Å². The Kier molecular flexibility index (Phi) is 3.77. The van der Waals surface area contributed by atoms with Gasteiger partial charge in [-0.1, -0.05) is 28.1 Å². The number of rotatable bonds is 2. The van der Waals surface area contributed by atoms with Crippen molar-refractivity contribution in [1.82, 2.24) is 0 Å². The van der Waals surface area contributed by atoms with Crippen molar-refractivity contribution < 1.29 is 0 Å². The van der Waals surface area contributed by atoms with E-state index in [1.54, 1.807) is 0 Å². The molecule has 1 fully saturated rings. The normalized spacial score (nSPS) is 17.7. The van der Waals surface area contributed by atoms with Gasteiger partial charge in [-0.05, 0) is 36.5 Å². The van der Waals surface area contributed by atoms with Gasteiger partial charge in [-0.3, -0.25) is 0 Å². The lowest BCUT2D eigenvalue weighted by atomic mass is 10.0. The number of benzene rings is 1. The average molecular weight is 263 g/mol. The maximum Gasteiger partial charge on any atom is 0.0323 e. The Labute approximate surface area is 93.2 Å². The van der Waals surface area contributed by atoms with E-state index >= 15 is 0 Å². The molecule has 0 bridgehead atoms. The van der Waals surface area contributed by atoms with Crippen LogP contribution in [0, 0.1) is 5.92 Å². The molecule has 3 heteroatoms. The van der Waals surface area contributed by atoms with Gasteiger partial charge in [0.2, 0.25) is 0 Å². The van der Waals surface area contributed by atoms with Gasteiger partial charge in [-0.2, -0.15) is 0 Å². The van der Waals surface area contributed by atoms with Crippen LogP contribution < -0.4 is 5.73 Å². The minimum Gasteiger partial charge on any atom is -0.324 e. The van der Waals surface area contributed by atoms with Crippen molar-refractivity contribution in [3.63, 3.8) is 0 Å². The zero-order valence-corrected chi connectivity index (χ0v) is 9.64. The molecule has 72 valence electrons. The second-order valence-corrected chi connectivity index (χ2v) is 4.33. The Bertz CT molecular complexity index is 286. The number of hydrogen-bond acceptors (Lipinski definition) is 1. The summed E-state index contributed by atoms with van der Waals surface area (Å²) in [6, 6.07) is 8.55. The summed E-state index contributed by atoms with van der Waals surface area (Å²) in [6.07, 6.45) is 2.60. The summed E-state index contributed by atoms with van der Waals surface area (Å²) < 4.78 is 1.12. The molecule has 0 amide bonds. The molecule has 1 atom stereocenters. The Morgan fingerprint density at radius 3 is 2.62 bits per heavy atom. The molecule has 2 N–H and O–H groups in total. The minimum atomic E-state index is 0. The lowest BCUT2D eigenvalue weighted by Crippen LogP contribution is -2.11. The number of hydrogen-bond donors (Lipinski definition) is 1. The van der Waals surface area contributed by atoms with E-state index in [2.05, 4.69) is 28.1 Å². The topological polar surface area (TPSA) is 26.0 Å². The van der Waals surface area contributed by atoms with Gasteiger partial charge >= 0.3 is 0 Å². The van der Waals surface area contributed by atoms with Crippen molar-refractivity contribution in [2.24, 2.45) is 11.7 Å². The zero-order valence-electron chi connectivity index (χ0n) is 7.24. The molecule has 0 heterocycles. The summed E-state index contributed by atoms with van der Waals surface area (Å²) in [5, 5.41) is 0. The van der Waals surface area contributed by atoms with E-state index in [1.165, 1.54) is 18.4 Å². The monoisotopic (exact) mass is 261 g/mol. The third-order valence-corrected chi connectivity index (χ3v) is 2.86. The Hall–Kier alpha value is -0.0500. The molecule has 1 aromatic carbocycles. The molecule has 0 aliphatic heterocycles. The molecule has 0 saturated heterocycles. The molecule has 1 aliphatic carbocycles. The number of nitrogens with two attached hydrogens (primary N) is 1. The maximum absolute atomic E-state index is 6.05. The molecule has 1 aromatic rings. The van der Waals surface area contributed by atoms with Crippen molar-refractivity contribution >= 4 is 28.3 Å². The summed E-state index contributed by atoms with van der Waals surface area (Å²) in [6.45, 7) is 0. The quantitative estimate of drug-likeness (QED) is 0.870. The molecule has 1 unspecified atom stereocenters. The SMILES string of the molecule is Cl.NC(c1cccc(Br)c1)C1CC1. The van der Waals surface area contributed by atoms with Crippen LogP contribution in [0.25, 0.3) is 0 Å². The fraction of sp³-hybridized carbons (Fsp3) is 0.400. The summed E-state index contributed by atoms with van der Waals surface area (Å²) >= 11 is 3.44. The summed E-state index contributed by atoms with van der Waals surface area (Å²) in [5.74, 6) is 0.735. The molecule has 2 rings (SSSR count). The first kappa shape index (κ1) is 11.0. The van der Waals surface area contributed by atoms with E-state index in [9.17, 15) is 0 Å².